The molecule has 2 rings (SSSR count). The number of aliphatic carboxylic acids is 1. The lowest BCUT2D eigenvalue weighted by molar-refractivity contribution is -0.140. The van der Waals surface area contributed by atoms with Gasteiger partial charge in [-0.2, -0.15) is 0 Å². The van der Waals surface area contributed by atoms with Crippen LogP contribution in [0.3, 0.4) is 0 Å². The highest BCUT2D eigenvalue weighted by Gasteiger charge is 2.54. The summed E-state index contributed by atoms with van der Waals surface area (Å²) in [7, 11) is 0. The van der Waals surface area contributed by atoms with Crippen LogP contribution in [0.1, 0.15) is 25.5 Å². The Balaban J connectivity index is 2.30. The average Bonchev–Trinajstić information content (AvgIpc) is 2.79. The SMILES string of the molecule is CCn1cc(C2(C(=O)O)CC2)nn1. The second kappa shape index (κ2) is 2.55. The fourth-order valence-corrected chi connectivity index (χ4v) is 1.38. The molecular weight excluding hydrogens is 170 g/mol. The lowest BCUT2D eigenvalue weighted by Gasteiger charge is -2.02. The molecule has 1 heterocycles. The van der Waals surface area contributed by atoms with E-state index in [4.69, 9.17) is 5.11 Å². The van der Waals surface area contributed by atoms with Crippen molar-refractivity contribution in [1.29, 1.82) is 0 Å². The van der Waals surface area contributed by atoms with Crippen molar-refractivity contribution in [2.45, 2.75) is 31.7 Å². The first kappa shape index (κ1) is 8.22. The van der Waals surface area contributed by atoms with Crippen LogP contribution in [0.15, 0.2) is 6.20 Å². The lowest BCUT2D eigenvalue weighted by atomic mass is 10.0. The summed E-state index contributed by atoms with van der Waals surface area (Å²) < 4.78 is 1.65. The largest absolute Gasteiger partial charge is 0.481 e. The van der Waals surface area contributed by atoms with E-state index in [0.29, 0.717) is 18.5 Å². The minimum Gasteiger partial charge on any atom is -0.481 e. The Morgan fingerprint density at radius 3 is 2.85 bits per heavy atom. The topological polar surface area (TPSA) is 68.0 Å². The van der Waals surface area contributed by atoms with Crippen molar-refractivity contribution in [3.8, 4) is 0 Å². The maximum atomic E-state index is 10.9. The van der Waals surface area contributed by atoms with E-state index in [-0.39, 0.29) is 0 Å². The van der Waals surface area contributed by atoms with E-state index in [2.05, 4.69) is 10.3 Å². The van der Waals surface area contributed by atoms with Crippen LogP contribution in [0.25, 0.3) is 0 Å². The molecule has 1 aromatic heterocycles. The van der Waals surface area contributed by atoms with Crippen molar-refractivity contribution in [2.24, 2.45) is 0 Å². The molecule has 13 heavy (non-hydrogen) atoms. The smallest absolute Gasteiger partial charge is 0.315 e. The van der Waals surface area contributed by atoms with E-state index in [1.165, 1.54) is 0 Å². The number of aryl methyl sites for hydroxylation is 1. The summed E-state index contributed by atoms with van der Waals surface area (Å²) in [5.41, 5.74) is -0.116. The fourth-order valence-electron chi connectivity index (χ4n) is 1.38. The van der Waals surface area contributed by atoms with Crippen LogP contribution in [0.2, 0.25) is 0 Å². The molecular formula is C8H11N3O2. The third kappa shape index (κ3) is 1.11. The van der Waals surface area contributed by atoms with Crippen LogP contribution >= 0.6 is 0 Å². The minimum atomic E-state index is -0.782. The van der Waals surface area contributed by atoms with E-state index in [9.17, 15) is 4.79 Å². The molecule has 0 atom stereocenters. The summed E-state index contributed by atoms with van der Waals surface area (Å²) in [4.78, 5) is 10.9. The molecule has 0 radical (unpaired) electrons. The summed E-state index contributed by atoms with van der Waals surface area (Å²) in [6.07, 6.45) is 3.09. The predicted octanol–water partition coefficient (Wildman–Crippen LogP) is 0.414. The van der Waals surface area contributed by atoms with Gasteiger partial charge in [-0.1, -0.05) is 5.21 Å². The van der Waals surface area contributed by atoms with E-state index in [1.807, 2.05) is 6.92 Å². The zero-order chi connectivity index (χ0) is 9.47. The summed E-state index contributed by atoms with van der Waals surface area (Å²) in [6, 6.07) is 0. The molecule has 0 bridgehead atoms. The van der Waals surface area contributed by atoms with Crippen molar-refractivity contribution in [3.63, 3.8) is 0 Å². The quantitative estimate of drug-likeness (QED) is 0.733. The van der Waals surface area contributed by atoms with Crippen LogP contribution in [0.5, 0.6) is 0 Å². The van der Waals surface area contributed by atoms with Gasteiger partial charge in [0, 0.05) is 12.7 Å². The Labute approximate surface area is 75.4 Å². The first-order valence-corrected chi connectivity index (χ1v) is 4.33. The Morgan fingerprint density at radius 1 is 1.77 bits per heavy atom. The normalized spacial score (nSPS) is 18.5. The maximum absolute atomic E-state index is 10.9. The lowest BCUT2D eigenvalue weighted by Crippen LogP contribution is -2.19. The van der Waals surface area contributed by atoms with Gasteiger partial charge in [-0.3, -0.25) is 9.48 Å². The molecule has 0 amide bonds. The summed E-state index contributed by atoms with van der Waals surface area (Å²) in [5.74, 6) is -0.782. The first-order chi connectivity index (χ1) is 6.19. The zero-order valence-electron chi connectivity index (χ0n) is 7.40. The number of hydrogen-bond donors (Lipinski definition) is 1. The van der Waals surface area contributed by atoms with Crippen LogP contribution in [-0.2, 0) is 16.8 Å². The second-order valence-corrected chi connectivity index (χ2v) is 3.35. The molecule has 1 fully saturated rings. The van der Waals surface area contributed by atoms with Gasteiger partial charge in [0.05, 0.1) is 5.69 Å². The summed E-state index contributed by atoms with van der Waals surface area (Å²) in [6.45, 7) is 2.67. The summed E-state index contributed by atoms with van der Waals surface area (Å²) in [5, 5.41) is 16.7. The standard InChI is InChI=1S/C8H11N3O2/c1-2-11-5-6(9-10-11)8(3-4-8)7(12)13/h5H,2-4H2,1H3,(H,12,13). The number of nitrogens with zero attached hydrogens (tertiary/aromatic N) is 3. The van der Waals surface area contributed by atoms with E-state index in [0.717, 1.165) is 6.54 Å². The average molecular weight is 181 g/mol. The number of carboxylic acids is 1. The Morgan fingerprint density at radius 2 is 2.46 bits per heavy atom. The minimum absolute atomic E-state index is 0.599. The van der Waals surface area contributed by atoms with Crippen LogP contribution in [0, 0.1) is 0 Å². The molecule has 0 saturated heterocycles. The maximum Gasteiger partial charge on any atom is 0.315 e. The first-order valence-electron chi connectivity index (χ1n) is 4.33. The van der Waals surface area contributed by atoms with Crippen molar-refractivity contribution >= 4 is 5.97 Å². The van der Waals surface area contributed by atoms with Crippen molar-refractivity contribution in [1.82, 2.24) is 15.0 Å². The molecule has 0 unspecified atom stereocenters. The van der Waals surface area contributed by atoms with Crippen LogP contribution in [-0.4, -0.2) is 26.1 Å². The number of rotatable bonds is 3. The van der Waals surface area contributed by atoms with Gasteiger partial charge in [-0.15, -0.1) is 5.10 Å². The zero-order valence-corrected chi connectivity index (χ0v) is 7.40. The van der Waals surface area contributed by atoms with Gasteiger partial charge >= 0.3 is 5.97 Å². The predicted molar refractivity (Wildman–Crippen MR) is 44.2 cm³/mol. The van der Waals surface area contributed by atoms with E-state index >= 15 is 0 Å². The van der Waals surface area contributed by atoms with Gasteiger partial charge < -0.3 is 5.11 Å². The molecule has 1 aliphatic carbocycles. The number of hydrogen-bond acceptors (Lipinski definition) is 3. The Hall–Kier alpha value is -1.39. The van der Waals surface area contributed by atoms with Gasteiger partial charge in [-0.05, 0) is 19.8 Å². The second-order valence-electron chi connectivity index (χ2n) is 3.35. The molecule has 1 saturated carbocycles. The number of carbonyl (C=O) groups is 1. The van der Waals surface area contributed by atoms with Gasteiger partial charge in [0.2, 0.25) is 0 Å². The molecule has 70 valence electrons. The third-order valence-electron chi connectivity index (χ3n) is 2.51. The van der Waals surface area contributed by atoms with Gasteiger partial charge in [0.25, 0.3) is 0 Å². The number of aromatic nitrogens is 3. The van der Waals surface area contributed by atoms with Gasteiger partial charge in [0.1, 0.15) is 5.41 Å². The van der Waals surface area contributed by atoms with Crippen molar-refractivity contribution < 1.29 is 9.90 Å². The molecule has 0 aromatic carbocycles. The Kier molecular flexibility index (Phi) is 1.61. The van der Waals surface area contributed by atoms with Crippen molar-refractivity contribution in [3.05, 3.63) is 11.9 Å². The van der Waals surface area contributed by atoms with Gasteiger partial charge in [0.15, 0.2) is 0 Å². The monoisotopic (exact) mass is 181 g/mol. The summed E-state index contributed by atoms with van der Waals surface area (Å²) >= 11 is 0. The Bertz CT molecular complexity index is 341. The van der Waals surface area contributed by atoms with Crippen LogP contribution < -0.4 is 0 Å². The molecule has 0 spiro atoms. The van der Waals surface area contributed by atoms with E-state index in [1.54, 1.807) is 10.9 Å². The molecule has 1 N–H and O–H groups in total. The van der Waals surface area contributed by atoms with Crippen LogP contribution in [0.4, 0.5) is 0 Å². The van der Waals surface area contributed by atoms with E-state index < -0.39 is 11.4 Å². The molecule has 5 heteroatoms. The molecule has 1 aromatic rings. The molecule has 0 aliphatic heterocycles. The highest BCUT2D eigenvalue weighted by Crippen LogP contribution is 2.47. The molecule has 5 nitrogen and oxygen atoms in total. The third-order valence-corrected chi connectivity index (χ3v) is 2.51. The van der Waals surface area contributed by atoms with Crippen molar-refractivity contribution in [2.75, 3.05) is 0 Å². The number of carboxylic acid groups (broad SMARTS) is 1. The highest BCUT2D eigenvalue weighted by atomic mass is 16.4. The molecule has 1 aliphatic rings. The fraction of sp³-hybridized carbons (Fsp3) is 0.625. The highest BCUT2D eigenvalue weighted by molar-refractivity contribution is 5.84. The van der Waals surface area contributed by atoms with Gasteiger partial charge in [-0.25, -0.2) is 0 Å².